The summed E-state index contributed by atoms with van der Waals surface area (Å²) in [5.41, 5.74) is 2.15. The lowest BCUT2D eigenvalue weighted by molar-refractivity contribution is -0.129. The molecule has 0 saturated heterocycles. The Labute approximate surface area is 149 Å². The van der Waals surface area contributed by atoms with Crippen LogP contribution >= 0.6 is 0 Å². The van der Waals surface area contributed by atoms with E-state index in [4.69, 9.17) is 0 Å². The van der Waals surface area contributed by atoms with Crippen LogP contribution in [0.25, 0.3) is 5.69 Å². The van der Waals surface area contributed by atoms with Gasteiger partial charge in [0.05, 0.1) is 18.3 Å². The molecule has 2 N–H and O–H groups in total. The van der Waals surface area contributed by atoms with Gasteiger partial charge < -0.3 is 4.90 Å². The number of H-pyrrole nitrogens is 2. The first-order chi connectivity index (χ1) is 12.4. The number of hydrogen-bond donors (Lipinski definition) is 2. The molecule has 0 unspecified atom stereocenters. The van der Waals surface area contributed by atoms with Gasteiger partial charge in [-0.2, -0.15) is 5.10 Å². The Balaban J connectivity index is 1.70. The van der Waals surface area contributed by atoms with E-state index in [1.807, 2.05) is 37.4 Å². The Bertz CT molecular complexity index is 1050. The standard InChI is InChI=1S/C18H19N5O3/c1-12-5-3-4-6-15(12)23-11-13(9-19-23)10-22(2)17(25)8-14-7-16(24)20-21-18(14)26/h3-7,9,11H,8,10H2,1-2H3,(H,20,24)(H,21,26). The van der Waals surface area contributed by atoms with Gasteiger partial charge in [0.2, 0.25) is 5.91 Å². The predicted molar refractivity (Wildman–Crippen MR) is 96.2 cm³/mol. The van der Waals surface area contributed by atoms with Crippen LogP contribution in [0, 0.1) is 6.92 Å². The molecule has 0 atom stereocenters. The molecule has 0 aliphatic rings. The van der Waals surface area contributed by atoms with Crippen molar-refractivity contribution in [3.05, 3.63) is 80.1 Å². The molecule has 0 fully saturated rings. The van der Waals surface area contributed by atoms with Crippen LogP contribution in [0.4, 0.5) is 0 Å². The topological polar surface area (TPSA) is 104 Å². The lowest BCUT2D eigenvalue weighted by atomic mass is 10.2. The molecule has 2 heterocycles. The SMILES string of the molecule is Cc1ccccc1-n1cc(CN(C)C(=O)Cc2cc(=O)[nH][nH]c2=O)cn1. The number of rotatable bonds is 5. The van der Waals surface area contributed by atoms with E-state index in [0.717, 1.165) is 22.9 Å². The van der Waals surface area contributed by atoms with E-state index < -0.39 is 11.1 Å². The summed E-state index contributed by atoms with van der Waals surface area (Å²) >= 11 is 0. The first-order valence-corrected chi connectivity index (χ1v) is 8.08. The average Bonchev–Trinajstić information content (AvgIpc) is 3.06. The predicted octanol–water partition coefficient (Wildman–Crippen LogP) is 0.758. The number of amides is 1. The second kappa shape index (κ2) is 7.22. The molecule has 0 aliphatic carbocycles. The molecule has 3 aromatic rings. The Morgan fingerprint density at radius 2 is 2.00 bits per heavy atom. The van der Waals surface area contributed by atoms with E-state index in [2.05, 4.69) is 15.3 Å². The summed E-state index contributed by atoms with van der Waals surface area (Å²) in [6.45, 7) is 2.36. The van der Waals surface area contributed by atoms with Crippen molar-refractivity contribution in [2.24, 2.45) is 0 Å². The van der Waals surface area contributed by atoms with Crippen molar-refractivity contribution < 1.29 is 4.79 Å². The molecule has 0 bridgehead atoms. The molecule has 1 amide bonds. The van der Waals surface area contributed by atoms with Gasteiger partial charge in [-0.05, 0) is 18.6 Å². The van der Waals surface area contributed by atoms with Crippen LogP contribution in [0.5, 0.6) is 0 Å². The zero-order chi connectivity index (χ0) is 18.7. The largest absolute Gasteiger partial charge is 0.341 e. The summed E-state index contributed by atoms with van der Waals surface area (Å²) in [6, 6.07) is 9.02. The first-order valence-electron chi connectivity index (χ1n) is 8.08. The number of nitrogens with zero attached hydrogens (tertiary/aromatic N) is 3. The maximum atomic E-state index is 12.3. The lowest BCUT2D eigenvalue weighted by Crippen LogP contribution is -2.31. The van der Waals surface area contributed by atoms with Crippen molar-refractivity contribution in [1.29, 1.82) is 0 Å². The van der Waals surface area contributed by atoms with Crippen LogP contribution in [-0.2, 0) is 17.8 Å². The van der Waals surface area contributed by atoms with Gasteiger partial charge in [0, 0.05) is 37.0 Å². The second-order valence-electron chi connectivity index (χ2n) is 6.12. The third-order valence-corrected chi connectivity index (χ3v) is 4.08. The number of carbonyl (C=O) groups is 1. The maximum Gasteiger partial charge on any atom is 0.266 e. The molecule has 2 aromatic heterocycles. The minimum absolute atomic E-state index is 0.137. The monoisotopic (exact) mass is 353 g/mol. The quantitative estimate of drug-likeness (QED) is 0.706. The van der Waals surface area contributed by atoms with Gasteiger partial charge in [0.25, 0.3) is 11.1 Å². The molecule has 3 rings (SSSR count). The van der Waals surface area contributed by atoms with Crippen LogP contribution in [0.15, 0.2) is 52.3 Å². The number of carbonyl (C=O) groups excluding carboxylic acids is 1. The second-order valence-corrected chi connectivity index (χ2v) is 6.12. The van der Waals surface area contributed by atoms with Crippen LogP contribution in [0.3, 0.4) is 0 Å². The highest BCUT2D eigenvalue weighted by Gasteiger charge is 2.14. The molecule has 0 saturated carbocycles. The fraction of sp³-hybridized carbons (Fsp3) is 0.222. The fourth-order valence-electron chi connectivity index (χ4n) is 2.64. The first kappa shape index (κ1) is 17.4. The maximum absolute atomic E-state index is 12.3. The van der Waals surface area contributed by atoms with Crippen LogP contribution < -0.4 is 11.1 Å². The van der Waals surface area contributed by atoms with Crippen LogP contribution in [-0.4, -0.2) is 37.8 Å². The van der Waals surface area contributed by atoms with Crippen LogP contribution in [0.2, 0.25) is 0 Å². The van der Waals surface area contributed by atoms with Crippen molar-refractivity contribution in [3.63, 3.8) is 0 Å². The molecule has 8 nitrogen and oxygen atoms in total. The molecule has 134 valence electrons. The normalized spacial score (nSPS) is 10.7. The van der Waals surface area contributed by atoms with Gasteiger partial charge in [0.1, 0.15) is 0 Å². The summed E-state index contributed by atoms with van der Waals surface area (Å²) in [4.78, 5) is 36.8. The van der Waals surface area contributed by atoms with Crippen molar-refractivity contribution in [2.75, 3.05) is 7.05 Å². The highest BCUT2D eigenvalue weighted by Crippen LogP contribution is 2.14. The van der Waals surface area contributed by atoms with E-state index in [9.17, 15) is 14.4 Å². The van der Waals surface area contributed by atoms with Crippen molar-refractivity contribution in [2.45, 2.75) is 19.9 Å². The Morgan fingerprint density at radius 3 is 2.77 bits per heavy atom. The summed E-state index contributed by atoms with van der Waals surface area (Å²) in [6.07, 6.45) is 3.43. The molecule has 0 radical (unpaired) electrons. The molecule has 26 heavy (non-hydrogen) atoms. The number of likely N-dealkylation sites (N-methyl/N-ethyl adjacent to an activating group) is 1. The molecule has 1 aromatic carbocycles. The minimum Gasteiger partial charge on any atom is -0.341 e. The minimum atomic E-state index is -0.473. The van der Waals surface area contributed by atoms with Crippen molar-refractivity contribution in [3.8, 4) is 5.69 Å². The van der Waals surface area contributed by atoms with Gasteiger partial charge in [-0.25, -0.2) is 4.68 Å². The Morgan fingerprint density at radius 1 is 1.23 bits per heavy atom. The van der Waals surface area contributed by atoms with Gasteiger partial charge >= 0.3 is 0 Å². The zero-order valence-electron chi connectivity index (χ0n) is 14.5. The lowest BCUT2D eigenvalue weighted by Gasteiger charge is -2.15. The van der Waals surface area contributed by atoms with E-state index in [-0.39, 0.29) is 17.9 Å². The number of para-hydroxylation sites is 1. The zero-order valence-corrected chi connectivity index (χ0v) is 14.5. The molecule has 0 spiro atoms. The molecular formula is C18H19N5O3. The molecule has 0 aliphatic heterocycles. The smallest absolute Gasteiger partial charge is 0.266 e. The number of aromatic amines is 2. The number of hydrogen-bond acceptors (Lipinski definition) is 4. The third-order valence-electron chi connectivity index (χ3n) is 4.08. The van der Waals surface area contributed by atoms with Gasteiger partial charge in [0.15, 0.2) is 0 Å². The fourth-order valence-corrected chi connectivity index (χ4v) is 2.64. The highest BCUT2D eigenvalue weighted by molar-refractivity contribution is 5.78. The van der Waals surface area contributed by atoms with Crippen molar-refractivity contribution in [1.82, 2.24) is 24.9 Å². The van der Waals surface area contributed by atoms with Crippen LogP contribution in [0.1, 0.15) is 16.7 Å². The third kappa shape index (κ3) is 3.80. The summed E-state index contributed by atoms with van der Waals surface area (Å²) in [5, 5.41) is 8.74. The Hall–Kier alpha value is -3.42. The van der Waals surface area contributed by atoms with Crippen molar-refractivity contribution >= 4 is 5.91 Å². The van der Waals surface area contributed by atoms with Gasteiger partial charge in [-0.15, -0.1) is 0 Å². The van der Waals surface area contributed by atoms with E-state index in [1.165, 1.54) is 4.90 Å². The summed E-state index contributed by atoms with van der Waals surface area (Å²) in [7, 11) is 1.65. The number of benzene rings is 1. The van der Waals surface area contributed by atoms with Gasteiger partial charge in [-0.3, -0.25) is 24.6 Å². The Kier molecular flexibility index (Phi) is 4.83. The van der Waals surface area contributed by atoms with Gasteiger partial charge in [-0.1, -0.05) is 18.2 Å². The molecular weight excluding hydrogens is 334 g/mol. The number of nitrogens with one attached hydrogen (secondary N) is 2. The summed E-state index contributed by atoms with van der Waals surface area (Å²) in [5.74, 6) is -0.259. The molecule has 8 heteroatoms. The highest BCUT2D eigenvalue weighted by atomic mass is 16.2. The van der Waals surface area contributed by atoms with E-state index >= 15 is 0 Å². The number of aryl methyl sites for hydroxylation is 1. The van der Waals surface area contributed by atoms with E-state index in [0.29, 0.717) is 6.54 Å². The van der Waals surface area contributed by atoms with E-state index in [1.54, 1.807) is 17.9 Å². The number of aromatic nitrogens is 4. The average molecular weight is 353 g/mol. The summed E-state index contributed by atoms with van der Waals surface area (Å²) < 4.78 is 1.77.